The van der Waals surface area contributed by atoms with Gasteiger partial charge in [-0.15, -0.1) is 0 Å². The second kappa shape index (κ2) is 6.16. The molecular formula is C14H22N2O2. The van der Waals surface area contributed by atoms with Gasteiger partial charge in [0.15, 0.2) is 0 Å². The number of aliphatic hydroxyl groups is 1. The summed E-state index contributed by atoms with van der Waals surface area (Å²) in [7, 11) is 2.05. The number of aromatic nitrogens is 1. The fourth-order valence-corrected chi connectivity index (χ4v) is 2.23. The van der Waals surface area contributed by atoms with Crippen LogP contribution in [0.3, 0.4) is 0 Å². The lowest BCUT2D eigenvalue weighted by Gasteiger charge is -2.28. The molecule has 1 aliphatic heterocycles. The molecule has 2 heterocycles. The summed E-state index contributed by atoms with van der Waals surface area (Å²) in [6.07, 6.45) is 5.22. The maximum absolute atomic E-state index is 9.42. The molecule has 1 aromatic heterocycles. The monoisotopic (exact) mass is 250 g/mol. The average molecular weight is 250 g/mol. The van der Waals surface area contributed by atoms with Crippen LogP contribution in [0.25, 0.3) is 0 Å². The third-order valence-electron chi connectivity index (χ3n) is 3.39. The van der Waals surface area contributed by atoms with Gasteiger partial charge >= 0.3 is 0 Å². The Morgan fingerprint density at radius 1 is 1.50 bits per heavy atom. The summed E-state index contributed by atoms with van der Waals surface area (Å²) in [4.78, 5) is 6.42. The minimum Gasteiger partial charge on any atom is -0.387 e. The fraction of sp³-hybridized carbons (Fsp3) is 0.643. The van der Waals surface area contributed by atoms with Crippen LogP contribution in [-0.4, -0.2) is 36.4 Å². The molecule has 1 aromatic rings. The van der Waals surface area contributed by atoms with Crippen LogP contribution in [0, 0.1) is 0 Å². The van der Waals surface area contributed by atoms with E-state index < -0.39 is 6.10 Å². The molecule has 0 bridgehead atoms. The van der Waals surface area contributed by atoms with E-state index in [2.05, 4.69) is 16.9 Å². The van der Waals surface area contributed by atoms with Crippen molar-refractivity contribution in [3.63, 3.8) is 0 Å². The Kier molecular flexibility index (Phi) is 4.55. The molecule has 0 amide bonds. The summed E-state index contributed by atoms with van der Waals surface area (Å²) >= 11 is 0. The third-order valence-corrected chi connectivity index (χ3v) is 3.39. The predicted molar refractivity (Wildman–Crippen MR) is 71.7 cm³/mol. The van der Waals surface area contributed by atoms with Gasteiger partial charge in [0.1, 0.15) is 0 Å². The van der Waals surface area contributed by atoms with Crippen molar-refractivity contribution in [1.29, 1.82) is 0 Å². The van der Waals surface area contributed by atoms with E-state index in [1.54, 1.807) is 6.92 Å². The molecule has 1 fully saturated rings. The number of hydrogen-bond acceptors (Lipinski definition) is 4. The first-order chi connectivity index (χ1) is 8.66. The van der Waals surface area contributed by atoms with Gasteiger partial charge in [0.25, 0.3) is 0 Å². The molecule has 2 atom stereocenters. The maximum atomic E-state index is 9.42. The van der Waals surface area contributed by atoms with E-state index in [0.717, 1.165) is 25.3 Å². The summed E-state index contributed by atoms with van der Waals surface area (Å²) in [5.74, 6) is 0. The smallest absolute Gasteiger partial charge is 0.0931 e. The molecule has 1 saturated heterocycles. The standard InChI is InChI=1S/C14H22N2O2/c1-11(17)14-7-6-12(9-15-14)16(2)10-13-5-3-4-8-18-13/h6-7,9,11,13,17H,3-5,8,10H2,1-2H3. The summed E-state index contributed by atoms with van der Waals surface area (Å²) in [6.45, 7) is 3.51. The molecule has 0 saturated carbocycles. The van der Waals surface area contributed by atoms with Crippen molar-refractivity contribution in [2.75, 3.05) is 25.1 Å². The van der Waals surface area contributed by atoms with Crippen molar-refractivity contribution < 1.29 is 9.84 Å². The summed E-state index contributed by atoms with van der Waals surface area (Å²) in [5, 5.41) is 9.42. The number of anilines is 1. The van der Waals surface area contributed by atoms with Crippen molar-refractivity contribution in [3.8, 4) is 0 Å². The Morgan fingerprint density at radius 2 is 2.33 bits per heavy atom. The van der Waals surface area contributed by atoms with Gasteiger partial charge in [0.2, 0.25) is 0 Å². The van der Waals surface area contributed by atoms with Crippen molar-refractivity contribution in [2.45, 2.75) is 38.4 Å². The molecule has 0 aromatic carbocycles. The summed E-state index contributed by atoms with van der Waals surface area (Å²) < 4.78 is 5.73. The highest BCUT2D eigenvalue weighted by Crippen LogP contribution is 2.18. The van der Waals surface area contributed by atoms with Crippen molar-refractivity contribution in [3.05, 3.63) is 24.0 Å². The van der Waals surface area contributed by atoms with Crippen molar-refractivity contribution in [1.82, 2.24) is 4.98 Å². The maximum Gasteiger partial charge on any atom is 0.0931 e. The SMILES string of the molecule is CC(O)c1ccc(N(C)CC2CCCCO2)cn1. The third kappa shape index (κ3) is 3.43. The van der Waals surface area contributed by atoms with E-state index >= 15 is 0 Å². The highest BCUT2D eigenvalue weighted by atomic mass is 16.5. The number of hydrogen-bond donors (Lipinski definition) is 1. The van der Waals surface area contributed by atoms with Crippen LogP contribution >= 0.6 is 0 Å². The molecule has 1 N–H and O–H groups in total. The van der Waals surface area contributed by atoms with Gasteiger partial charge in [0, 0.05) is 20.2 Å². The lowest BCUT2D eigenvalue weighted by Crippen LogP contribution is -2.33. The number of rotatable bonds is 4. The molecular weight excluding hydrogens is 228 g/mol. The molecule has 100 valence electrons. The van der Waals surface area contributed by atoms with Crippen LogP contribution in [0.4, 0.5) is 5.69 Å². The molecule has 0 spiro atoms. The second-order valence-corrected chi connectivity index (χ2v) is 4.99. The number of nitrogens with zero attached hydrogens (tertiary/aromatic N) is 2. The topological polar surface area (TPSA) is 45.6 Å². The van der Waals surface area contributed by atoms with Gasteiger partial charge in [-0.25, -0.2) is 0 Å². The Labute approximate surface area is 109 Å². The van der Waals surface area contributed by atoms with Crippen molar-refractivity contribution >= 4 is 5.69 Å². The zero-order valence-corrected chi connectivity index (χ0v) is 11.2. The van der Waals surface area contributed by atoms with E-state index in [1.807, 2.05) is 18.3 Å². The van der Waals surface area contributed by atoms with Gasteiger partial charge in [-0.1, -0.05) is 0 Å². The van der Waals surface area contributed by atoms with E-state index in [0.29, 0.717) is 11.8 Å². The van der Waals surface area contributed by atoms with E-state index in [4.69, 9.17) is 4.74 Å². The minimum absolute atomic E-state index is 0.334. The van der Waals surface area contributed by atoms with Crippen LogP contribution in [0.5, 0.6) is 0 Å². The van der Waals surface area contributed by atoms with E-state index in [1.165, 1.54) is 12.8 Å². The molecule has 0 aliphatic carbocycles. The molecule has 2 rings (SSSR count). The van der Waals surface area contributed by atoms with Crippen LogP contribution < -0.4 is 4.90 Å². The zero-order chi connectivity index (χ0) is 13.0. The van der Waals surface area contributed by atoms with Crippen LogP contribution in [0.2, 0.25) is 0 Å². The van der Waals surface area contributed by atoms with Crippen molar-refractivity contribution in [2.24, 2.45) is 0 Å². The van der Waals surface area contributed by atoms with E-state index in [-0.39, 0.29) is 0 Å². The number of likely N-dealkylation sites (N-methyl/N-ethyl adjacent to an activating group) is 1. The lowest BCUT2D eigenvalue weighted by atomic mass is 10.1. The van der Waals surface area contributed by atoms with Gasteiger partial charge in [0.05, 0.1) is 29.8 Å². The molecule has 4 heteroatoms. The number of aliphatic hydroxyl groups excluding tert-OH is 1. The quantitative estimate of drug-likeness (QED) is 0.889. The zero-order valence-electron chi connectivity index (χ0n) is 11.2. The molecule has 0 radical (unpaired) electrons. The summed E-state index contributed by atoms with van der Waals surface area (Å²) in [6, 6.07) is 3.87. The normalized spacial score (nSPS) is 21.6. The Balaban J connectivity index is 1.93. The second-order valence-electron chi connectivity index (χ2n) is 4.99. The minimum atomic E-state index is -0.508. The van der Waals surface area contributed by atoms with Crippen LogP contribution in [0.15, 0.2) is 18.3 Å². The summed E-state index contributed by atoms with van der Waals surface area (Å²) in [5.41, 5.74) is 1.77. The molecule has 18 heavy (non-hydrogen) atoms. The average Bonchev–Trinajstić information content (AvgIpc) is 2.40. The lowest BCUT2D eigenvalue weighted by molar-refractivity contribution is 0.0216. The van der Waals surface area contributed by atoms with Gasteiger partial charge in [-0.05, 0) is 38.3 Å². The van der Waals surface area contributed by atoms with Gasteiger partial charge in [-0.3, -0.25) is 4.98 Å². The Bertz CT molecular complexity index is 359. The highest BCUT2D eigenvalue weighted by molar-refractivity contribution is 5.43. The van der Waals surface area contributed by atoms with E-state index in [9.17, 15) is 5.11 Å². The molecule has 4 nitrogen and oxygen atoms in total. The Morgan fingerprint density at radius 3 is 2.89 bits per heavy atom. The molecule has 1 aliphatic rings. The van der Waals surface area contributed by atoms with Crippen LogP contribution in [0.1, 0.15) is 38.0 Å². The van der Waals surface area contributed by atoms with Gasteiger partial charge < -0.3 is 14.7 Å². The first kappa shape index (κ1) is 13.3. The number of pyridine rings is 1. The predicted octanol–water partition coefficient (Wildman–Crippen LogP) is 2.14. The Hall–Kier alpha value is -1.13. The fourth-order valence-electron chi connectivity index (χ4n) is 2.23. The van der Waals surface area contributed by atoms with Gasteiger partial charge in [-0.2, -0.15) is 0 Å². The highest BCUT2D eigenvalue weighted by Gasteiger charge is 2.16. The first-order valence-electron chi connectivity index (χ1n) is 6.63. The van der Waals surface area contributed by atoms with Crippen LogP contribution in [-0.2, 0) is 4.74 Å². The molecule has 2 unspecified atom stereocenters. The number of ether oxygens (including phenoxy) is 1. The largest absolute Gasteiger partial charge is 0.387 e. The first-order valence-corrected chi connectivity index (χ1v) is 6.63.